The number of anilines is 1. The van der Waals surface area contributed by atoms with Crippen molar-refractivity contribution in [3.05, 3.63) is 54.9 Å². The van der Waals surface area contributed by atoms with Gasteiger partial charge in [0.1, 0.15) is 0 Å². The van der Waals surface area contributed by atoms with Crippen LogP contribution >= 0.6 is 0 Å². The molecule has 0 spiro atoms. The second-order valence-electron chi connectivity index (χ2n) is 6.24. The van der Waals surface area contributed by atoms with E-state index in [-0.39, 0.29) is 0 Å². The van der Waals surface area contributed by atoms with Crippen molar-refractivity contribution >= 4 is 11.6 Å². The molecule has 1 unspecified atom stereocenters. The van der Waals surface area contributed by atoms with E-state index in [0.29, 0.717) is 5.92 Å². The number of hydrogen-bond donors (Lipinski definition) is 2. The zero-order chi connectivity index (χ0) is 16.6. The molecule has 5 nitrogen and oxygen atoms in total. The van der Waals surface area contributed by atoms with Crippen molar-refractivity contribution in [3.63, 3.8) is 0 Å². The Hall–Kier alpha value is -2.43. The Labute approximate surface area is 144 Å². The van der Waals surface area contributed by atoms with Gasteiger partial charge in [-0.3, -0.25) is 4.99 Å². The maximum Gasteiger partial charge on any atom is 0.191 e. The molecule has 0 bridgehead atoms. The molecular weight excluding hydrogens is 298 g/mol. The van der Waals surface area contributed by atoms with Crippen molar-refractivity contribution in [1.29, 1.82) is 0 Å². The standard InChI is InChI=1S/C19H27N5/c1-20-19(21-10-14-23-11-5-6-12-23)22-15-17-9-13-24(16-17)18-7-3-2-4-8-18/h2-8,11-12,17H,9-10,13-16H2,1H3,(H2,20,21,22). The maximum absolute atomic E-state index is 4.32. The van der Waals surface area contributed by atoms with E-state index in [1.807, 2.05) is 19.2 Å². The van der Waals surface area contributed by atoms with Crippen LogP contribution in [0.4, 0.5) is 5.69 Å². The molecule has 24 heavy (non-hydrogen) atoms. The highest BCUT2D eigenvalue weighted by Crippen LogP contribution is 2.22. The molecular formula is C19H27N5. The molecule has 1 aliphatic heterocycles. The third-order valence-electron chi connectivity index (χ3n) is 4.52. The van der Waals surface area contributed by atoms with Crippen LogP contribution in [0.3, 0.4) is 0 Å². The summed E-state index contributed by atoms with van der Waals surface area (Å²) in [5.74, 6) is 1.55. The van der Waals surface area contributed by atoms with Crippen molar-refractivity contribution in [2.24, 2.45) is 10.9 Å². The van der Waals surface area contributed by atoms with Gasteiger partial charge in [0, 0.05) is 57.9 Å². The van der Waals surface area contributed by atoms with Crippen LogP contribution in [0.5, 0.6) is 0 Å². The van der Waals surface area contributed by atoms with E-state index < -0.39 is 0 Å². The fraction of sp³-hybridized carbons (Fsp3) is 0.421. The van der Waals surface area contributed by atoms with E-state index in [9.17, 15) is 0 Å². The monoisotopic (exact) mass is 325 g/mol. The smallest absolute Gasteiger partial charge is 0.191 e. The van der Waals surface area contributed by atoms with Crippen LogP contribution < -0.4 is 15.5 Å². The molecule has 2 heterocycles. The van der Waals surface area contributed by atoms with Crippen LogP contribution in [0.15, 0.2) is 59.9 Å². The van der Waals surface area contributed by atoms with Gasteiger partial charge in [0.15, 0.2) is 5.96 Å². The van der Waals surface area contributed by atoms with Crippen LogP contribution in [-0.2, 0) is 6.54 Å². The highest BCUT2D eigenvalue weighted by atomic mass is 15.2. The summed E-state index contributed by atoms with van der Waals surface area (Å²) < 4.78 is 2.16. The SMILES string of the molecule is CN=C(NCCn1cccc1)NCC1CCN(c2ccccc2)C1. The number of nitrogens with zero attached hydrogens (tertiary/aromatic N) is 3. The van der Waals surface area contributed by atoms with Gasteiger partial charge in [-0.05, 0) is 36.6 Å². The predicted molar refractivity (Wildman–Crippen MR) is 101 cm³/mol. The number of aliphatic imine (C=N–C) groups is 1. The van der Waals surface area contributed by atoms with E-state index >= 15 is 0 Å². The summed E-state index contributed by atoms with van der Waals surface area (Å²) in [7, 11) is 1.83. The summed E-state index contributed by atoms with van der Waals surface area (Å²) in [6, 6.07) is 14.8. The van der Waals surface area contributed by atoms with Crippen molar-refractivity contribution < 1.29 is 0 Å². The summed E-state index contributed by atoms with van der Waals surface area (Å²) in [5.41, 5.74) is 1.33. The Kier molecular flexibility index (Phi) is 5.77. The Morgan fingerprint density at radius 1 is 1.12 bits per heavy atom. The third-order valence-corrected chi connectivity index (χ3v) is 4.52. The van der Waals surface area contributed by atoms with Crippen molar-refractivity contribution in [3.8, 4) is 0 Å². The molecule has 1 aliphatic rings. The van der Waals surface area contributed by atoms with Crippen molar-refractivity contribution in [1.82, 2.24) is 15.2 Å². The Morgan fingerprint density at radius 3 is 2.67 bits per heavy atom. The number of nitrogens with one attached hydrogen (secondary N) is 2. The average molecular weight is 325 g/mol. The lowest BCUT2D eigenvalue weighted by Gasteiger charge is -2.19. The molecule has 1 fully saturated rings. The zero-order valence-electron chi connectivity index (χ0n) is 14.4. The minimum absolute atomic E-state index is 0.660. The van der Waals surface area contributed by atoms with Crippen LogP contribution in [0.25, 0.3) is 0 Å². The quantitative estimate of drug-likeness (QED) is 0.632. The Morgan fingerprint density at radius 2 is 1.92 bits per heavy atom. The lowest BCUT2D eigenvalue weighted by atomic mass is 10.1. The fourth-order valence-electron chi connectivity index (χ4n) is 3.16. The number of hydrogen-bond acceptors (Lipinski definition) is 2. The van der Waals surface area contributed by atoms with Gasteiger partial charge >= 0.3 is 0 Å². The highest BCUT2D eigenvalue weighted by molar-refractivity contribution is 5.79. The molecule has 128 valence electrons. The number of guanidine groups is 1. The Balaban J connectivity index is 1.38. The van der Waals surface area contributed by atoms with Crippen LogP contribution in [0, 0.1) is 5.92 Å². The molecule has 0 saturated carbocycles. The molecule has 1 aromatic heterocycles. The third kappa shape index (κ3) is 4.54. The molecule has 3 rings (SSSR count). The minimum atomic E-state index is 0.660. The number of rotatable bonds is 6. The highest BCUT2D eigenvalue weighted by Gasteiger charge is 2.22. The van der Waals surface area contributed by atoms with Gasteiger partial charge in [0.25, 0.3) is 0 Å². The molecule has 0 radical (unpaired) electrons. The summed E-state index contributed by atoms with van der Waals surface area (Å²) in [5, 5.41) is 6.85. The molecule has 0 aliphatic carbocycles. The molecule has 0 amide bonds. The maximum atomic E-state index is 4.32. The molecule has 1 saturated heterocycles. The van der Waals surface area contributed by atoms with E-state index in [1.54, 1.807) is 0 Å². The van der Waals surface area contributed by atoms with E-state index in [0.717, 1.165) is 38.7 Å². The summed E-state index contributed by atoms with van der Waals surface area (Å²) in [6.07, 6.45) is 5.38. The first-order valence-corrected chi connectivity index (χ1v) is 8.70. The number of aromatic nitrogens is 1. The lowest BCUT2D eigenvalue weighted by Crippen LogP contribution is -2.41. The van der Waals surface area contributed by atoms with E-state index in [2.05, 4.69) is 67.8 Å². The van der Waals surface area contributed by atoms with Gasteiger partial charge in [0.05, 0.1) is 0 Å². The Bertz CT molecular complexity index is 620. The predicted octanol–water partition coefficient (Wildman–Crippen LogP) is 2.18. The van der Waals surface area contributed by atoms with Crippen molar-refractivity contribution in [2.45, 2.75) is 13.0 Å². The van der Waals surface area contributed by atoms with Gasteiger partial charge in [-0.25, -0.2) is 0 Å². The van der Waals surface area contributed by atoms with Gasteiger partial charge in [-0.1, -0.05) is 18.2 Å². The van der Waals surface area contributed by atoms with Gasteiger partial charge in [-0.2, -0.15) is 0 Å². The van der Waals surface area contributed by atoms with Crippen LogP contribution in [0.1, 0.15) is 6.42 Å². The van der Waals surface area contributed by atoms with E-state index in [4.69, 9.17) is 0 Å². The number of benzene rings is 1. The molecule has 5 heteroatoms. The van der Waals surface area contributed by atoms with Gasteiger partial charge < -0.3 is 20.1 Å². The van der Waals surface area contributed by atoms with E-state index in [1.165, 1.54) is 12.1 Å². The fourth-order valence-corrected chi connectivity index (χ4v) is 3.16. The molecule has 1 aromatic carbocycles. The second-order valence-corrected chi connectivity index (χ2v) is 6.24. The first-order chi connectivity index (χ1) is 11.8. The first kappa shape index (κ1) is 16.4. The van der Waals surface area contributed by atoms with Gasteiger partial charge in [-0.15, -0.1) is 0 Å². The zero-order valence-corrected chi connectivity index (χ0v) is 14.4. The van der Waals surface area contributed by atoms with Crippen molar-refractivity contribution in [2.75, 3.05) is 38.1 Å². The normalized spacial score (nSPS) is 18.0. The topological polar surface area (TPSA) is 44.6 Å². The molecule has 1 atom stereocenters. The second kappa shape index (κ2) is 8.43. The first-order valence-electron chi connectivity index (χ1n) is 8.70. The largest absolute Gasteiger partial charge is 0.371 e. The van der Waals surface area contributed by atoms with Crippen LogP contribution in [0.2, 0.25) is 0 Å². The minimum Gasteiger partial charge on any atom is -0.371 e. The average Bonchev–Trinajstić information content (AvgIpc) is 3.30. The molecule has 2 N–H and O–H groups in total. The van der Waals surface area contributed by atoms with Gasteiger partial charge in [0.2, 0.25) is 0 Å². The summed E-state index contributed by atoms with van der Waals surface area (Å²) >= 11 is 0. The summed E-state index contributed by atoms with van der Waals surface area (Å²) in [4.78, 5) is 6.78. The van der Waals surface area contributed by atoms with Crippen LogP contribution in [-0.4, -0.2) is 43.8 Å². The number of para-hydroxylation sites is 1. The molecule has 2 aromatic rings. The summed E-state index contributed by atoms with van der Waals surface area (Å²) in [6.45, 7) is 5.02. The lowest BCUT2D eigenvalue weighted by molar-refractivity contribution is 0.563.